The van der Waals surface area contributed by atoms with Crippen molar-refractivity contribution in [3.8, 4) is 0 Å². The fraction of sp³-hybridized carbons (Fsp3) is 0.474. The van der Waals surface area contributed by atoms with E-state index in [9.17, 15) is 9.18 Å². The van der Waals surface area contributed by atoms with Gasteiger partial charge < -0.3 is 0 Å². The van der Waals surface area contributed by atoms with Crippen LogP contribution < -0.4 is 5.56 Å². The molecule has 0 radical (unpaired) electrons. The molecule has 0 aliphatic rings. The lowest BCUT2D eigenvalue weighted by Crippen LogP contribution is -2.38. The fourth-order valence-electron chi connectivity index (χ4n) is 2.50. The van der Waals surface area contributed by atoms with E-state index in [0.717, 1.165) is 5.56 Å². The number of hydrogen-bond donors (Lipinski definition) is 1. The number of halogens is 1. The molecule has 1 heterocycles. The average molecular weight is 348 g/mol. The van der Waals surface area contributed by atoms with Crippen LogP contribution in [-0.4, -0.2) is 9.78 Å². The van der Waals surface area contributed by atoms with E-state index < -0.39 is 16.9 Å². The molecule has 2 rings (SSSR count). The maximum atomic E-state index is 14.6. The van der Waals surface area contributed by atoms with E-state index in [1.807, 2.05) is 45.0 Å². The van der Waals surface area contributed by atoms with Crippen LogP contribution >= 0.6 is 12.2 Å². The summed E-state index contributed by atoms with van der Waals surface area (Å²) in [7, 11) is 0. The highest BCUT2D eigenvalue weighted by Crippen LogP contribution is 2.23. The van der Waals surface area contributed by atoms with Gasteiger partial charge in [0.1, 0.15) is 4.64 Å². The summed E-state index contributed by atoms with van der Waals surface area (Å²) in [5.41, 5.74) is 1.22. The second-order valence-electron chi connectivity index (χ2n) is 8.17. The van der Waals surface area contributed by atoms with E-state index in [1.165, 1.54) is 10.2 Å². The van der Waals surface area contributed by atoms with Crippen molar-refractivity contribution >= 4 is 12.2 Å². The summed E-state index contributed by atoms with van der Waals surface area (Å²) in [5, 5.41) is 2.86. The first-order valence-electron chi connectivity index (χ1n) is 8.05. The van der Waals surface area contributed by atoms with Crippen LogP contribution in [0, 0.1) is 10.5 Å². The number of hydrogen-bond acceptors (Lipinski definition) is 2. The fourth-order valence-corrected chi connectivity index (χ4v) is 2.76. The third-order valence-electron chi connectivity index (χ3n) is 4.01. The van der Waals surface area contributed by atoms with Crippen LogP contribution in [0.5, 0.6) is 0 Å². The van der Waals surface area contributed by atoms with Crippen molar-refractivity contribution in [2.75, 3.05) is 0 Å². The minimum Gasteiger partial charge on any atom is -0.284 e. The first-order chi connectivity index (χ1) is 10.9. The van der Waals surface area contributed by atoms with Gasteiger partial charge in [-0.25, -0.2) is 9.07 Å². The average Bonchev–Trinajstić information content (AvgIpc) is 2.45. The Morgan fingerprint density at radius 3 is 2.08 bits per heavy atom. The van der Waals surface area contributed by atoms with Crippen molar-refractivity contribution in [1.82, 2.24) is 9.78 Å². The Morgan fingerprint density at radius 1 is 1.08 bits per heavy atom. The van der Waals surface area contributed by atoms with Gasteiger partial charge in [-0.3, -0.25) is 9.89 Å². The van der Waals surface area contributed by atoms with Gasteiger partial charge in [-0.1, -0.05) is 57.3 Å². The second kappa shape index (κ2) is 6.28. The van der Waals surface area contributed by atoms with Gasteiger partial charge >= 0.3 is 5.56 Å². The van der Waals surface area contributed by atoms with Crippen LogP contribution in [0.2, 0.25) is 0 Å². The number of nitrogens with zero attached hydrogens (tertiary/aromatic N) is 1. The van der Waals surface area contributed by atoms with Crippen LogP contribution in [0.25, 0.3) is 0 Å². The normalized spacial score (nSPS) is 12.5. The zero-order chi connectivity index (χ0) is 18.3. The van der Waals surface area contributed by atoms with Gasteiger partial charge in [0.2, 0.25) is 0 Å². The summed E-state index contributed by atoms with van der Waals surface area (Å²) in [5.74, 6) is -0.770. The van der Waals surface area contributed by atoms with Crippen LogP contribution in [0.3, 0.4) is 0 Å². The molecule has 5 heteroatoms. The summed E-state index contributed by atoms with van der Waals surface area (Å²) in [6, 6.07) is 8.00. The Kier molecular flexibility index (Phi) is 4.86. The zero-order valence-corrected chi connectivity index (χ0v) is 16.0. The second-order valence-corrected chi connectivity index (χ2v) is 8.58. The molecule has 1 aromatic heterocycles. The highest BCUT2D eigenvalue weighted by molar-refractivity contribution is 7.71. The molecule has 1 aromatic carbocycles. The maximum absolute atomic E-state index is 14.6. The molecule has 0 fully saturated rings. The minimum atomic E-state index is -0.770. The monoisotopic (exact) mass is 348 g/mol. The van der Waals surface area contributed by atoms with Crippen molar-refractivity contribution in [2.45, 2.75) is 58.9 Å². The van der Waals surface area contributed by atoms with E-state index in [4.69, 9.17) is 12.2 Å². The molecule has 0 unspecified atom stereocenters. The number of aromatic nitrogens is 2. The van der Waals surface area contributed by atoms with Crippen molar-refractivity contribution in [3.05, 3.63) is 61.8 Å². The van der Waals surface area contributed by atoms with Crippen molar-refractivity contribution in [2.24, 2.45) is 0 Å². The van der Waals surface area contributed by atoms with Crippen LogP contribution in [0.4, 0.5) is 4.39 Å². The molecule has 1 N–H and O–H groups in total. The molecule has 0 saturated heterocycles. The summed E-state index contributed by atoms with van der Waals surface area (Å²) in [4.78, 5) is 12.3. The van der Waals surface area contributed by atoms with Crippen LogP contribution in [0.1, 0.15) is 58.2 Å². The predicted molar refractivity (Wildman–Crippen MR) is 98.8 cm³/mol. The Bertz CT molecular complexity index is 849. The first-order valence-corrected chi connectivity index (χ1v) is 8.45. The quantitative estimate of drug-likeness (QED) is 0.800. The van der Waals surface area contributed by atoms with Gasteiger partial charge in [-0.2, -0.15) is 0 Å². The number of H-pyrrole nitrogens is 1. The number of nitrogens with one attached hydrogen (secondary N) is 1. The standard InChI is InChI=1S/C19H25FN2OS/c1-18(2,3)13-9-7-12(8-10-13)11-14-15(20)17(23)22(19(4,5)6)21-16(14)24/h7-10H,11H2,1-6H3,(H,21,24). The Labute approximate surface area is 147 Å². The van der Waals surface area contributed by atoms with Gasteiger partial charge in [0.15, 0.2) is 5.82 Å². The topological polar surface area (TPSA) is 37.8 Å². The van der Waals surface area contributed by atoms with Crippen molar-refractivity contribution < 1.29 is 4.39 Å². The molecule has 0 saturated carbocycles. The molecule has 0 amide bonds. The Morgan fingerprint density at radius 2 is 1.62 bits per heavy atom. The molecule has 0 bridgehead atoms. The van der Waals surface area contributed by atoms with E-state index >= 15 is 0 Å². The molecule has 0 aliphatic carbocycles. The minimum absolute atomic E-state index is 0.0634. The van der Waals surface area contributed by atoms with E-state index in [2.05, 4.69) is 25.9 Å². The SMILES string of the molecule is CC(C)(C)c1ccc(Cc2c(F)c(=O)n(C(C)(C)C)[nH]c2=S)cc1. The molecule has 0 spiro atoms. The van der Waals surface area contributed by atoms with E-state index in [1.54, 1.807) is 0 Å². The lowest BCUT2D eigenvalue weighted by molar-refractivity contribution is 0.324. The molecule has 0 atom stereocenters. The van der Waals surface area contributed by atoms with Gasteiger partial charge in [0.25, 0.3) is 0 Å². The van der Waals surface area contributed by atoms with Crippen LogP contribution in [-0.2, 0) is 17.4 Å². The lowest BCUT2D eigenvalue weighted by atomic mass is 9.86. The summed E-state index contributed by atoms with van der Waals surface area (Å²) in [6.07, 6.45) is 0.297. The van der Waals surface area contributed by atoms with Gasteiger partial charge in [0, 0.05) is 12.0 Å². The molecular weight excluding hydrogens is 323 g/mol. The smallest absolute Gasteiger partial charge is 0.284 e. The van der Waals surface area contributed by atoms with Crippen LogP contribution in [0.15, 0.2) is 29.1 Å². The highest BCUT2D eigenvalue weighted by Gasteiger charge is 2.21. The van der Waals surface area contributed by atoms with Gasteiger partial charge in [-0.15, -0.1) is 0 Å². The molecular formula is C19H25FN2OS. The van der Waals surface area contributed by atoms with Crippen molar-refractivity contribution in [3.63, 3.8) is 0 Å². The molecule has 2 aromatic rings. The summed E-state index contributed by atoms with van der Waals surface area (Å²) >= 11 is 5.28. The van der Waals surface area contributed by atoms with Crippen molar-refractivity contribution in [1.29, 1.82) is 0 Å². The molecule has 24 heavy (non-hydrogen) atoms. The highest BCUT2D eigenvalue weighted by atomic mass is 32.1. The number of rotatable bonds is 2. The third-order valence-corrected chi connectivity index (χ3v) is 4.35. The number of aromatic amines is 1. The maximum Gasteiger partial charge on any atom is 0.301 e. The van der Waals surface area contributed by atoms with E-state index in [-0.39, 0.29) is 15.6 Å². The summed E-state index contributed by atoms with van der Waals surface area (Å²) < 4.78 is 16.1. The molecule has 130 valence electrons. The Hall–Kier alpha value is -1.75. The lowest BCUT2D eigenvalue weighted by Gasteiger charge is -2.22. The largest absolute Gasteiger partial charge is 0.301 e. The zero-order valence-electron chi connectivity index (χ0n) is 15.2. The Balaban J connectivity index is 2.43. The van der Waals surface area contributed by atoms with Gasteiger partial charge in [0.05, 0.1) is 5.54 Å². The van der Waals surface area contributed by atoms with Gasteiger partial charge in [-0.05, 0) is 37.3 Å². The molecule has 3 nitrogen and oxygen atoms in total. The predicted octanol–water partition coefficient (Wildman–Crippen LogP) is 4.69. The summed E-state index contributed by atoms with van der Waals surface area (Å²) in [6.45, 7) is 11.9. The number of benzene rings is 1. The molecule has 0 aliphatic heterocycles. The third kappa shape index (κ3) is 3.83. The first kappa shape index (κ1) is 18.6. The van der Waals surface area contributed by atoms with E-state index in [0.29, 0.717) is 6.42 Å².